The number of carbonyl (C=O) groups excluding carboxylic acids is 4. The van der Waals surface area contributed by atoms with Gasteiger partial charge in [-0.15, -0.1) is 0 Å². The minimum absolute atomic E-state index is 0.0185. The van der Waals surface area contributed by atoms with Crippen molar-refractivity contribution < 1.29 is 38.5 Å². The number of ether oxygens (including phenoxy) is 3. The molecule has 1 N–H and O–H groups in total. The molecular formula is C36H40O8. The van der Waals surface area contributed by atoms with E-state index in [0.717, 1.165) is 0 Å². The first-order valence-corrected chi connectivity index (χ1v) is 15.1. The number of aliphatic hydroxyl groups is 1. The van der Waals surface area contributed by atoms with Gasteiger partial charge in [-0.1, -0.05) is 69.8 Å². The topological polar surface area (TPSA) is 116 Å². The summed E-state index contributed by atoms with van der Waals surface area (Å²) in [5.74, 6) is -4.11. The standard InChI is InChI=1S/C36H40O8/c1-20-17-26-27(35(26,5)6)18-28(43-33(39)24-13-9-7-10-14-24)22(3)31(42-23(4)37)29-30(21(2)19-36(29,41)32(20)38)44-34(40)25-15-11-8-12-16-25/h7-17,21,26-31,41H,3,18-19H2,1-2,4-6H3/b20-17+/t21-,26+,27-,28+,29+,30-,31-,36+/m1/s1. The van der Waals surface area contributed by atoms with Crippen LogP contribution in [0.25, 0.3) is 0 Å². The van der Waals surface area contributed by atoms with Crippen molar-refractivity contribution in [2.75, 3.05) is 0 Å². The van der Waals surface area contributed by atoms with Crippen molar-refractivity contribution in [3.63, 3.8) is 0 Å². The lowest BCUT2D eigenvalue weighted by Gasteiger charge is -2.39. The number of esters is 3. The van der Waals surface area contributed by atoms with Crippen molar-refractivity contribution in [3.05, 3.63) is 95.6 Å². The van der Waals surface area contributed by atoms with E-state index in [2.05, 4.69) is 20.4 Å². The molecule has 0 aliphatic heterocycles. The van der Waals surface area contributed by atoms with Crippen LogP contribution in [0.5, 0.6) is 0 Å². The molecule has 8 heteroatoms. The van der Waals surface area contributed by atoms with E-state index >= 15 is 0 Å². The highest BCUT2D eigenvalue weighted by atomic mass is 16.6. The van der Waals surface area contributed by atoms with Gasteiger partial charge in [0.25, 0.3) is 0 Å². The van der Waals surface area contributed by atoms with Crippen LogP contribution in [0.15, 0.2) is 84.5 Å². The average Bonchev–Trinajstić information content (AvgIpc) is 3.38. The molecular weight excluding hydrogens is 560 g/mol. The van der Waals surface area contributed by atoms with E-state index in [4.69, 9.17) is 14.2 Å². The van der Waals surface area contributed by atoms with Gasteiger partial charge in [0.15, 0.2) is 5.78 Å². The average molecular weight is 601 g/mol. The van der Waals surface area contributed by atoms with Gasteiger partial charge in [0.2, 0.25) is 0 Å². The third kappa shape index (κ3) is 5.75. The molecule has 232 valence electrons. The number of benzene rings is 2. The molecule has 0 saturated heterocycles. The Morgan fingerprint density at radius 1 is 0.909 bits per heavy atom. The summed E-state index contributed by atoms with van der Waals surface area (Å²) < 4.78 is 18.0. The van der Waals surface area contributed by atoms with Crippen molar-refractivity contribution in [2.45, 2.75) is 71.4 Å². The Morgan fingerprint density at radius 2 is 1.45 bits per heavy atom. The maximum atomic E-state index is 14.2. The predicted molar refractivity (Wildman–Crippen MR) is 162 cm³/mol. The third-order valence-corrected chi connectivity index (χ3v) is 9.80. The van der Waals surface area contributed by atoms with E-state index in [-0.39, 0.29) is 29.2 Å². The number of rotatable bonds is 5. The zero-order chi connectivity index (χ0) is 32.0. The van der Waals surface area contributed by atoms with Gasteiger partial charge in [-0.25, -0.2) is 9.59 Å². The Morgan fingerprint density at radius 3 is 2.00 bits per heavy atom. The molecule has 8 atom stereocenters. The molecule has 0 spiro atoms. The monoisotopic (exact) mass is 600 g/mol. The smallest absolute Gasteiger partial charge is 0.338 e. The molecule has 3 aliphatic rings. The summed E-state index contributed by atoms with van der Waals surface area (Å²) >= 11 is 0. The molecule has 3 aliphatic carbocycles. The van der Waals surface area contributed by atoms with Gasteiger partial charge in [-0.05, 0) is 72.8 Å². The van der Waals surface area contributed by atoms with E-state index in [1.54, 1.807) is 74.5 Å². The lowest BCUT2D eigenvalue weighted by atomic mass is 9.76. The van der Waals surface area contributed by atoms with E-state index < -0.39 is 59.4 Å². The Labute approximate surface area is 258 Å². The maximum Gasteiger partial charge on any atom is 0.338 e. The van der Waals surface area contributed by atoms with Crippen LogP contribution in [0.1, 0.15) is 68.2 Å². The van der Waals surface area contributed by atoms with Crippen molar-refractivity contribution >= 4 is 23.7 Å². The van der Waals surface area contributed by atoms with Crippen LogP contribution in [-0.2, 0) is 23.8 Å². The molecule has 0 radical (unpaired) electrons. The van der Waals surface area contributed by atoms with Crippen LogP contribution >= 0.6 is 0 Å². The van der Waals surface area contributed by atoms with E-state index in [1.807, 2.05) is 6.08 Å². The summed E-state index contributed by atoms with van der Waals surface area (Å²) in [6.07, 6.45) is -1.04. The Bertz CT molecular complexity index is 1490. The van der Waals surface area contributed by atoms with Crippen LogP contribution in [-0.4, -0.2) is 52.7 Å². The molecule has 8 nitrogen and oxygen atoms in total. The molecule has 5 rings (SSSR count). The predicted octanol–water partition coefficient (Wildman–Crippen LogP) is 5.50. The Kier molecular flexibility index (Phi) is 8.42. The molecule has 2 saturated carbocycles. The summed E-state index contributed by atoms with van der Waals surface area (Å²) in [5.41, 5.74) is -1.03. The lowest BCUT2D eigenvalue weighted by molar-refractivity contribution is -0.162. The zero-order valence-corrected chi connectivity index (χ0v) is 25.8. The number of carbonyl (C=O) groups is 4. The highest BCUT2D eigenvalue weighted by Gasteiger charge is 2.64. The van der Waals surface area contributed by atoms with Crippen LogP contribution in [0.3, 0.4) is 0 Å². The number of allylic oxidation sites excluding steroid dienone is 1. The maximum absolute atomic E-state index is 14.2. The summed E-state index contributed by atoms with van der Waals surface area (Å²) in [7, 11) is 0. The van der Waals surface area contributed by atoms with Crippen molar-refractivity contribution in [2.24, 2.45) is 29.1 Å². The molecule has 2 aromatic carbocycles. The first kappa shape index (κ1) is 31.4. The van der Waals surface area contributed by atoms with Gasteiger partial charge in [0.1, 0.15) is 23.9 Å². The summed E-state index contributed by atoms with van der Waals surface area (Å²) in [6, 6.07) is 16.9. The van der Waals surface area contributed by atoms with Crippen LogP contribution in [0.4, 0.5) is 0 Å². The summed E-state index contributed by atoms with van der Waals surface area (Å²) in [4.78, 5) is 53.4. The van der Waals surface area contributed by atoms with Gasteiger partial charge in [0.05, 0.1) is 17.0 Å². The van der Waals surface area contributed by atoms with Crippen molar-refractivity contribution in [1.29, 1.82) is 0 Å². The fourth-order valence-electron chi connectivity index (χ4n) is 7.26. The Hall–Kier alpha value is -4.04. The number of Topliss-reactive ketones (excluding diaryl/α,β-unsaturated/α-hetero) is 1. The molecule has 0 aromatic heterocycles. The van der Waals surface area contributed by atoms with Gasteiger partial charge in [0, 0.05) is 12.5 Å². The number of fused-ring (bicyclic) bond motifs is 2. The quantitative estimate of drug-likeness (QED) is 0.272. The van der Waals surface area contributed by atoms with Gasteiger partial charge >= 0.3 is 17.9 Å². The summed E-state index contributed by atoms with van der Waals surface area (Å²) in [6.45, 7) is 13.1. The minimum Gasteiger partial charge on any atom is -0.458 e. The van der Waals surface area contributed by atoms with E-state index in [1.165, 1.54) is 6.92 Å². The fourth-order valence-corrected chi connectivity index (χ4v) is 7.26. The Balaban J connectivity index is 1.61. The third-order valence-electron chi connectivity index (χ3n) is 9.80. The SMILES string of the molecule is C=C1[C@@H](OC(=O)c2ccccc2)C[C@@H]2[C@H](/C=C(\C)C(=O)[C@]3(O)C[C@@H](C)[C@@H](OC(=O)c4ccccc4)[C@H]3[C@@H]1OC(C)=O)C2(C)C. The van der Waals surface area contributed by atoms with Gasteiger partial charge in [-0.2, -0.15) is 0 Å². The van der Waals surface area contributed by atoms with Crippen LogP contribution < -0.4 is 0 Å². The highest BCUT2D eigenvalue weighted by molar-refractivity contribution is 6.02. The molecule has 0 heterocycles. The number of hydrogen-bond donors (Lipinski definition) is 1. The van der Waals surface area contributed by atoms with Gasteiger partial charge < -0.3 is 19.3 Å². The lowest BCUT2D eigenvalue weighted by Crippen LogP contribution is -2.53. The van der Waals surface area contributed by atoms with Crippen LogP contribution in [0.2, 0.25) is 0 Å². The van der Waals surface area contributed by atoms with Gasteiger partial charge in [-0.3, -0.25) is 9.59 Å². The fraction of sp³-hybridized carbons (Fsp3) is 0.444. The van der Waals surface area contributed by atoms with Crippen LogP contribution in [0, 0.1) is 29.1 Å². The van der Waals surface area contributed by atoms with Crippen molar-refractivity contribution in [3.8, 4) is 0 Å². The molecule has 2 fully saturated rings. The minimum atomic E-state index is -2.06. The first-order valence-electron chi connectivity index (χ1n) is 15.1. The second-order valence-corrected chi connectivity index (χ2v) is 13.1. The second-order valence-electron chi connectivity index (χ2n) is 13.1. The van der Waals surface area contributed by atoms with E-state index in [0.29, 0.717) is 23.1 Å². The molecule has 0 unspecified atom stereocenters. The number of ketones is 1. The highest BCUT2D eigenvalue weighted by Crippen LogP contribution is 2.62. The van der Waals surface area contributed by atoms with E-state index in [9.17, 15) is 24.3 Å². The number of hydrogen-bond acceptors (Lipinski definition) is 8. The summed E-state index contributed by atoms with van der Waals surface area (Å²) in [5, 5.41) is 12.3. The second kappa shape index (κ2) is 11.8. The zero-order valence-electron chi connectivity index (χ0n) is 25.8. The molecule has 0 bridgehead atoms. The largest absolute Gasteiger partial charge is 0.458 e. The normalized spacial score (nSPS) is 33.9. The van der Waals surface area contributed by atoms with Crippen molar-refractivity contribution in [1.82, 2.24) is 0 Å². The molecule has 44 heavy (non-hydrogen) atoms. The molecule has 0 amide bonds. The molecule has 2 aromatic rings. The first-order chi connectivity index (χ1) is 20.8.